The Kier molecular flexibility index (Phi) is 3.33. The Hall–Kier alpha value is -2.42. The van der Waals surface area contributed by atoms with E-state index in [4.69, 9.17) is 13.9 Å². The molecule has 3 aromatic rings. The lowest BCUT2D eigenvalue weighted by Gasteiger charge is -2.06. The molecular formula is C17H16O3. The van der Waals surface area contributed by atoms with Gasteiger partial charge in [-0.1, -0.05) is 18.2 Å². The van der Waals surface area contributed by atoms with E-state index in [0.717, 1.165) is 28.0 Å². The summed E-state index contributed by atoms with van der Waals surface area (Å²) in [6.07, 6.45) is 1.75. The first-order valence-electron chi connectivity index (χ1n) is 6.50. The molecule has 102 valence electrons. The minimum absolute atomic E-state index is 0.475. The van der Waals surface area contributed by atoms with E-state index in [9.17, 15) is 0 Å². The standard InChI is InChI=1S/C17H16O3/c1-12-6-7-16-13(11-20-17(16)8-12)10-19-15-5-3-4-14(9-15)18-2/h3-9,11H,10H2,1-2H3. The van der Waals surface area contributed by atoms with Crippen molar-refractivity contribution in [1.82, 2.24) is 0 Å². The lowest BCUT2D eigenvalue weighted by Crippen LogP contribution is -1.94. The van der Waals surface area contributed by atoms with Gasteiger partial charge in [-0.2, -0.15) is 0 Å². The Balaban J connectivity index is 1.79. The average molecular weight is 268 g/mol. The Morgan fingerprint density at radius 2 is 1.90 bits per heavy atom. The van der Waals surface area contributed by atoms with Crippen LogP contribution in [0.1, 0.15) is 11.1 Å². The van der Waals surface area contributed by atoms with E-state index in [2.05, 4.69) is 12.1 Å². The smallest absolute Gasteiger partial charge is 0.134 e. The van der Waals surface area contributed by atoms with Crippen LogP contribution in [0.2, 0.25) is 0 Å². The van der Waals surface area contributed by atoms with Crippen LogP contribution in [-0.2, 0) is 6.61 Å². The van der Waals surface area contributed by atoms with Crippen molar-refractivity contribution in [3.05, 3.63) is 59.9 Å². The van der Waals surface area contributed by atoms with Crippen molar-refractivity contribution in [2.45, 2.75) is 13.5 Å². The molecule has 0 spiro atoms. The predicted molar refractivity (Wildman–Crippen MR) is 78.3 cm³/mol. The van der Waals surface area contributed by atoms with E-state index in [1.54, 1.807) is 13.4 Å². The molecule has 0 aliphatic rings. The molecule has 3 nitrogen and oxygen atoms in total. The maximum absolute atomic E-state index is 5.79. The highest BCUT2D eigenvalue weighted by Crippen LogP contribution is 2.25. The van der Waals surface area contributed by atoms with E-state index in [0.29, 0.717) is 6.61 Å². The van der Waals surface area contributed by atoms with Crippen molar-refractivity contribution in [1.29, 1.82) is 0 Å². The van der Waals surface area contributed by atoms with Crippen molar-refractivity contribution in [3.8, 4) is 11.5 Å². The van der Waals surface area contributed by atoms with Crippen LogP contribution in [0.3, 0.4) is 0 Å². The molecule has 3 heteroatoms. The van der Waals surface area contributed by atoms with Crippen LogP contribution in [0.5, 0.6) is 11.5 Å². The van der Waals surface area contributed by atoms with Crippen LogP contribution < -0.4 is 9.47 Å². The maximum atomic E-state index is 5.79. The zero-order chi connectivity index (χ0) is 13.9. The molecule has 0 saturated carbocycles. The summed E-state index contributed by atoms with van der Waals surface area (Å²) < 4.78 is 16.5. The van der Waals surface area contributed by atoms with Crippen LogP contribution in [0.15, 0.2) is 53.1 Å². The maximum Gasteiger partial charge on any atom is 0.134 e. The van der Waals surface area contributed by atoms with E-state index in [-0.39, 0.29) is 0 Å². The van der Waals surface area contributed by atoms with Gasteiger partial charge in [0.15, 0.2) is 0 Å². The number of fused-ring (bicyclic) bond motifs is 1. The summed E-state index contributed by atoms with van der Waals surface area (Å²) >= 11 is 0. The molecule has 0 aliphatic heterocycles. The summed E-state index contributed by atoms with van der Waals surface area (Å²) in [4.78, 5) is 0. The van der Waals surface area contributed by atoms with Crippen molar-refractivity contribution in [2.24, 2.45) is 0 Å². The molecule has 20 heavy (non-hydrogen) atoms. The highest BCUT2D eigenvalue weighted by Gasteiger charge is 2.07. The number of methoxy groups -OCH3 is 1. The Labute approximate surface area is 117 Å². The van der Waals surface area contributed by atoms with E-state index < -0.39 is 0 Å². The Morgan fingerprint density at radius 1 is 1.05 bits per heavy atom. The number of hydrogen-bond donors (Lipinski definition) is 0. The van der Waals surface area contributed by atoms with Gasteiger partial charge in [0.05, 0.1) is 13.4 Å². The molecule has 3 rings (SSSR count). The molecule has 0 aliphatic carbocycles. The minimum atomic E-state index is 0.475. The molecule has 0 amide bonds. The Morgan fingerprint density at radius 3 is 2.75 bits per heavy atom. The first-order valence-corrected chi connectivity index (χ1v) is 6.50. The highest BCUT2D eigenvalue weighted by molar-refractivity contribution is 5.81. The van der Waals surface area contributed by atoms with E-state index in [1.807, 2.05) is 37.3 Å². The van der Waals surface area contributed by atoms with Crippen LogP contribution in [0, 0.1) is 6.92 Å². The topological polar surface area (TPSA) is 31.6 Å². The van der Waals surface area contributed by atoms with Gasteiger partial charge in [-0.05, 0) is 30.7 Å². The lowest BCUT2D eigenvalue weighted by molar-refractivity contribution is 0.303. The fraction of sp³-hybridized carbons (Fsp3) is 0.176. The first kappa shape index (κ1) is 12.6. The SMILES string of the molecule is COc1cccc(OCc2coc3cc(C)ccc23)c1. The van der Waals surface area contributed by atoms with Gasteiger partial charge in [-0.3, -0.25) is 0 Å². The molecule has 1 aromatic heterocycles. The van der Waals surface area contributed by atoms with Crippen molar-refractivity contribution in [2.75, 3.05) is 7.11 Å². The van der Waals surface area contributed by atoms with Gasteiger partial charge in [0.25, 0.3) is 0 Å². The van der Waals surface area contributed by atoms with Gasteiger partial charge >= 0.3 is 0 Å². The highest BCUT2D eigenvalue weighted by atomic mass is 16.5. The van der Waals surface area contributed by atoms with Crippen molar-refractivity contribution >= 4 is 11.0 Å². The summed E-state index contributed by atoms with van der Waals surface area (Å²) in [5.74, 6) is 1.57. The van der Waals surface area contributed by atoms with Gasteiger partial charge < -0.3 is 13.9 Å². The molecule has 0 N–H and O–H groups in total. The molecule has 0 bridgehead atoms. The van der Waals surface area contributed by atoms with Gasteiger partial charge in [-0.25, -0.2) is 0 Å². The van der Waals surface area contributed by atoms with E-state index >= 15 is 0 Å². The van der Waals surface area contributed by atoms with Gasteiger partial charge in [-0.15, -0.1) is 0 Å². The largest absolute Gasteiger partial charge is 0.497 e. The van der Waals surface area contributed by atoms with E-state index in [1.165, 1.54) is 5.56 Å². The molecule has 0 radical (unpaired) electrons. The van der Waals surface area contributed by atoms with Gasteiger partial charge in [0, 0.05) is 17.0 Å². The Bertz CT molecular complexity index is 728. The van der Waals surface area contributed by atoms with Crippen LogP contribution >= 0.6 is 0 Å². The second kappa shape index (κ2) is 5.29. The molecule has 0 atom stereocenters. The minimum Gasteiger partial charge on any atom is -0.497 e. The molecular weight excluding hydrogens is 252 g/mol. The number of furan rings is 1. The first-order chi connectivity index (χ1) is 9.76. The summed E-state index contributed by atoms with van der Waals surface area (Å²) in [7, 11) is 1.64. The third kappa shape index (κ3) is 2.48. The molecule has 0 unspecified atom stereocenters. The predicted octanol–water partition coefficient (Wildman–Crippen LogP) is 4.33. The van der Waals surface area contributed by atoms with Crippen LogP contribution in [0.4, 0.5) is 0 Å². The van der Waals surface area contributed by atoms with Gasteiger partial charge in [0.2, 0.25) is 0 Å². The third-order valence-electron chi connectivity index (χ3n) is 3.25. The molecule has 0 fully saturated rings. The third-order valence-corrected chi connectivity index (χ3v) is 3.25. The number of benzene rings is 2. The monoisotopic (exact) mass is 268 g/mol. The molecule has 1 heterocycles. The second-order valence-corrected chi connectivity index (χ2v) is 4.73. The zero-order valence-corrected chi connectivity index (χ0v) is 11.6. The van der Waals surface area contributed by atoms with Crippen molar-refractivity contribution in [3.63, 3.8) is 0 Å². The number of rotatable bonds is 4. The molecule has 0 saturated heterocycles. The zero-order valence-electron chi connectivity index (χ0n) is 11.6. The quantitative estimate of drug-likeness (QED) is 0.705. The van der Waals surface area contributed by atoms with Crippen LogP contribution in [-0.4, -0.2) is 7.11 Å². The number of ether oxygens (including phenoxy) is 2. The van der Waals surface area contributed by atoms with Gasteiger partial charge in [0.1, 0.15) is 23.7 Å². The van der Waals surface area contributed by atoms with Crippen molar-refractivity contribution < 1.29 is 13.9 Å². The molecule has 2 aromatic carbocycles. The fourth-order valence-electron chi connectivity index (χ4n) is 2.15. The summed E-state index contributed by atoms with van der Waals surface area (Å²) in [5, 5.41) is 1.10. The number of aryl methyl sites for hydroxylation is 1. The summed E-state index contributed by atoms with van der Waals surface area (Å²) in [6, 6.07) is 13.8. The summed E-state index contributed by atoms with van der Waals surface area (Å²) in [5.41, 5.74) is 3.13. The summed E-state index contributed by atoms with van der Waals surface area (Å²) in [6.45, 7) is 2.53. The lowest BCUT2D eigenvalue weighted by atomic mass is 10.1. The normalized spacial score (nSPS) is 10.7. The van der Waals surface area contributed by atoms with Crippen LogP contribution in [0.25, 0.3) is 11.0 Å². The average Bonchev–Trinajstić information content (AvgIpc) is 2.87. The number of hydrogen-bond acceptors (Lipinski definition) is 3. The fourth-order valence-corrected chi connectivity index (χ4v) is 2.15. The second-order valence-electron chi connectivity index (χ2n) is 4.73.